The smallest absolute Gasteiger partial charge is 0.234 e. The molecule has 0 amide bonds. The van der Waals surface area contributed by atoms with Gasteiger partial charge in [0, 0.05) is 23.0 Å². The third-order valence-electron chi connectivity index (χ3n) is 4.20. The van der Waals surface area contributed by atoms with Gasteiger partial charge < -0.3 is 0 Å². The maximum atomic E-state index is 12.4. The summed E-state index contributed by atoms with van der Waals surface area (Å²) in [6.45, 7) is 5.62. The molecule has 0 saturated heterocycles. The van der Waals surface area contributed by atoms with Gasteiger partial charge in [0.15, 0.2) is 0 Å². The van der Waals surface area contributed by atoms with Crippen molar-refractivity contribution >= 4 is 17.3 Å². The molecule has 0 heterocycles. The molecule has 0 atom stereocenters. The lowest BCUT2D eigenvalue weighted by Gasteiger charge is -2.20. The lowest BCUT2D eigenvalue weighted by molar-refractivity contribution is -0.125. The van der Waals surface area contributed by atoms with Crippen LogP contribution in [0.25, 0.3) is 11.1 Å². The monoisotopic (exact) mass is 306 g/mol. The van der Waals surface area contributed by atoms with Gasteiger partial charge in [-0.15, -0.1) is 0 Å². The van der Waals surface area contributed by atoms with E-state index in [9.17, 15) is 14.4 Å². The number of benzene rings is 2. The highest BCUT2D eigenvalue weighted by molar-refractivity contribution is 6.53. The van der Waals surface area contributed by atoms with Crippen LogP contribution in [0.4, 0.5) is 0 Å². The van der Waals surface area contributed by atoms with Crippen LogP contribution in [0.15, 0.2) is 42.5 Å². The van der Waals surface area contributed by atoms with Crippen molar-refractivity contribution < 1.29 is 14.4 Å². The summed E-state index contributed by atoms with van der Waals surface area (Å²) in [4.78, 5) is 36.8. The van der Waals surface area contributed by atoms with E-state index in [1.54, 1.807) is 18.2 Å². The van der Waals surface area contributed by atoms with E-state index in [2.05, 4.69) is 0 Å². The first-order chi connectivity index (χ1) is 10.8. The molecule has 0 aliphatic heterocycles. The minimum atomic E-state index is -0.497. The second-order valence-electron chi connectivity index (χ2n) is 6.93. The van der Waals surface area contributed by atoms with Gasteiger partial charge in [0.1, 0.15) is 5.78 Å². The van der Waals surface area contributed by atoms with Crippen LogP contribution >= 0.6 is 0 Å². The molecule has 0 N–H and O–H groups in total. The van der Waals surface area contributed by atoms with Crippen LogP contribution in [-0.4, -0.2) is 17.3 Å². The first-order valence-corrected chi connectivity index (χ1v) is 7.63. The summed E-state index contributed by atoms with van der Waals surface area (Å²) in [5, 5.41) is 0. The maximum absolute atomic E-state index is 12.4. The van der Waals surface area contributed by atoms with Crippen LogP contribution in [0.2, 0.25) is 0 Å². The van der Waals surface area contributed by atoms with E-state index >= 15 is 0 Å². The molecule has 3 rings (SSSR count). The van der Waals surface area contributed by atoms with E-state index in [1.807, 2.05) is 45.0 Å². The number of rotatable bonds is 2. The van der Waals surface area contributed by atoms with Gasteiger partial charge in [0.25, 0.3) is 0 Å². The third kappa shape index (κ3) is 2.63. The molecule has 0 saturated carbocycles. The molecule has 0 bridgehead atoms. The fourth-order valence-corrected chi connectivity index (χ4v) is 2.74. The van der Waals surface area contributed by atoms with Crippen molar-refractivity contribution in [3.63, 3.8) is 0 Å². The van der Waals surface area contributed by atoms with Crippen molar-refractivity contribution in [2.24, 2.45) is 5.41 Å². The van der Waals surface area contributed by atoms with Gasteiger partial charge in [-0.2, -0.15) is 0 Å². The summed E-state index contributed by atoms with van der Waals surface area (Å²) >= 11 is 0. The summed E-state index contributed by atoms with van der Waals surface area (Å²) in [5.41, 5.74) is 2.72. The molecule has 3 heteroatoms. The third-order valence-corrected chi connectivity index (χ3v) is 4.20. The Labute approximate surface area is 135 Å². The highest BCUT2D eigenvalue weighted by Crippen LogP contribution is 2.34. The average Bonchev–Trinajstić information content (AvgIpc) is 2.51. The zero-order valence-electron chi connectivity index (χ0n) is 13.5. The van der Waals surface area contributed by atoms with Crippen molar-refractivity contribution in [2.75, 3.05) is 0 Å². The number of carbonyl (C=O) groups excluding carboxylic acids is 3. The minimum Gasteiger partial charge on any atom is -0.299 e. The fourth-order valence-electron chi connectivity index (χ4n) is 2.74. The molecule has 2 aromatic rings. The zero-order chi connectivity index (χ0) is 16.8. The van der Waals surface area contributed by atoms with Crippen LogP contribution in [0.3, 0.4) is 0 Å². The first kappa shape index (κ1) is 15.3. The average molecular weight is 306 g/mol. The molecule has 1 aliphatic carbocycles. The highest BCUT2D eigenvalue weighted by Gasteiger charge is 2.30. The molecule has 2 aromatic carbocycles. The molecule has 23 heavy (non-hydrogen) atoms. The number of Topliss-reactive ketones (excluding diaryl/α,β-unsaturated/α-hetero) is 3. The summed E-state index contributed by atoms with van der Waals surface area (Å²) in [5.74, 6) is -0.872. The SMILES string of the molecule is CC(C)(C)C(=O)Cc1ccc2c(c1)C(=O)C(=O)c1ccccc1-2. The molecule has 116 valence electrons. The van der Waals surface area contributed by atoms with Crippen LogP contribution in [0.1, 0.15) is 47.1 Å². The van der Waals surface area contributed by atoms with Crippen LogP contribution in [0.5, 0.6) is 0 Å². The van der Waals surface area contributed by atoms with Gasteiger partial charge in [-0.3, -0.25) is 14.4 Å². The normalized spacial score (nSPS) is 13.5. The standard InChI is InChI=1S/C20H18O3/c1-20(2,3)17(21)11-12-8-9-14-13-6-4-5-7-15(13)18(22)19(23)16(14)10-12/h4-10H,11H2,1-3H3. The van der Waals surface area contributed by atoms with Crippen molar-refractivity contribution in [1.29, 1.82) is 0 Å². The summed E-state index contributed by atoms with van der Waals surface area (Å²) in [6.07, 6.45) is 0.264. The van der Waals surface area contributed by atoms with E-state index in [0.717, 1.165) is 16.7 Å². The zero-order valence-corrected chi connectivity index (χ0v) is 13.5. The number of hydrogen-bond donors (Lipinski definition) is 0. The Morgan fingerprint density at radius 1 is 0.826 bits per heavy atom. The second-order valence-corrected chi connectivity index (χ2v) is 6.93. The first-order valence-electron chi connectivity index (χ1n) is 7.63. The van der Waals surface area contributed by atoms with E-state index in [1.165, 1.54) is 0 Å². The Morgan fingerprint density at radius 3 is 2.04 bits per heavy atom. The summed E-state index contributed by atoms with van der Waals surface area (Å²) in [6, 6.07) is 12.5. The lowest BCUT2D eigenvalue weighted by Crippen LogP contribution is -2.23. The molecule has 0 aromatic heterocycles. The van der Waals surface area contributed by atoms with Crippen LogP contribution in [-0.2, 0) is 11.2 Å². The molecule has 1 aliphatic rings. The number of ketones is 3. The van der Waals surface area contributed by atoms with Crippen LogP contribution < -0.4 is 0 Å². The molecular weight excluding hydrogens is 288 g/mol. The van der Waals surface area contributed by atoms with Gasteiger partial charge in [0.05, 0.1) is 0 Å². The molecule has 0 radical (unpaired) electrons. The summed E-state index contributed by atoms with van der Waals surface area (Å²) < 4.78 is 0. The van der Waals surface area contributed by atoms with E-state index in [0.29, 0.717) is 11.1 Å². The number of fused-ring (bicyclic) bond motifs is 3. The molecule has 3 nitrogen and oxygen atoms in total. The molecule has 0 unspecified atom stereocenters. The quantitative estimate of drug-likeness (QED) is 0.791. The van der Waals surface area contributed by atoms with E-state index < -0.39 is 17.0 Å². The van der Waals surface area contributed by atoms with E-state index in [-0.39, 0.29) is 12.2 Å². The molecular formula is C20H18O3. The number of hydrogen-bond acceptors (Lipinski definition) is 3. The largest absolute Gasteiger partial charge is 0.299 e. The van der Waals surface area contributed by atoms with Gasteiger partial charge in [-0.25, -0.2) is 0 Å². The second kappa shape index (κ2) is 5.27. The van der Waals surface area contributed by atoms with Crippen molar-refractivity contribution in [3.05, 3.63) is 59.2 Å². The van der Waals surface area contributed by atoms with E-state index in [4.69, 9.17) is 0 Å². The maximum Gasteiger partial charge on any atom is 0.234 e. The lowest BCUT2D eigenvalue weighted by atomic mass is 9.81. The van der Waals surface area contributed by atoms with Gasteiger partial charge in [-0.1, -0.05) is 57.2 Å². The Balaban J connectivity index is 2.06. The minimum absolute atomic E-state index is 0.104. The molecule has 0 fully saturated rings. The summed E-state index contributed by atoms with van der Waals surface area (Å²) in [7, 11) is 0. The fraction of sp³-hybridized carbons (Fsp3) is 0.250. The predicted octanol–water partition coefficient (Wildman–Crippen LogP) is 3.89. The van der Waals surface area contributed by atoms with Crippen LogP contribution in [0, 0.1) is 5.41 Å². The molecule has 0 spiro atoms. The van der Waals surface area contributed by atoms with Crippen molar-refractivity contribution in [1.82, 2.24) is 0 Å². The Hall–Kier alpha value is -2.55. The Bertz CT molecular complexity index is 838. The van der Waals surface area contributed by atoms with Crippen molar-refractivity contribution in [3.8, 4) is 11.1 Å². The highest BCUT2D eigenvalue weighted by atomic mass is 16.2. The topological polar surface area (TPSA) is 51.2 Å². The predicted molar refractivity (Wildman–Crippen MR) is 88.7 cm³/mol. The van der Waals surface area contributed by atoms with Gasteiger partial charge in [-0.05, 0) is 22.8 Å². The number of carbonyl (C=O) groups is 3. The van der Waals surface area contributed by atoms with Crippen molar-refractivity contribution in [2.45, 2.75) is 27.2 Å². The van der Waals surface area contributed by atoms with Gasteiger partial charge in [0.2, 0.25) is 11.6 Å². The van der Waals surface area contributed by atoms with Gasteiger partial charge >= 0.3 is 0 Å². The Morgan fingerprint density at radius 2 is 1.39 bits per heavy atom. The Kier molecular flexibility index (Phi) is 3.52.